The van der Waals surface area contributed by atoms with Crippen LogP contribution in [0.15, 0.2) is 52.0 Å². The van der Waals surface area contributed by atoms with E-state index < -0.39 is 0 Å². The van der Waals surface area contributed by atoms with Gasteiger partial charge in [-0.3, -0.25) is 4.79 Å². The number of carbonyl (C=O) groups excluding carboxylic acids is 1. The second-order valence-electron chi connectivity index (χ2n) is 4.35. The highest BCUT2D eigenvalue weighted by Gasteiger charge is 2.19. The van der Waals surface area contributed by atoms with Crippen LogP contribution in [0.3, 0.4) is 0 Å². The van der Waals surface area contributed by atoms with Gasteiger partial charge >= 0.3 is 0 Å². The van der Waals surface area contributed by atoms with Gasteiger partial charge in [-0.05, 0) is 32.0 Å². The molecule has 1 heterocycles. The highest BCUT2D eigenvalue weighted by Crippen LogP contribution is 2.25. The lowest BCUT2D eigenvalue weighted by Gasteiger charge is -2.17. The zero-order chi connectivity index (χ0) is 14.4. The molecule has 20 heavy (non-hydrogen) atoms. The number of amides is 1. The van der Waals surface area contributed by atoms with Gasteiger partial charge in [0.2, 0.25) is 0 Å². The topological polar surface area (TPSA) is 33.5 Å². The third-order valence-electron chi connectivity index (χ3n) is 3.13. The van der Waals surface area contributed by atoms with Gasteiger partial charge in [0.15, 0.2) is 5.76 Å². The van der Waals surface area contributed by atoms with Crippen molar-refractivity contribution in [2.24, 2.45) is 0 Å². The first-order valence-electron chi connectivity index (χ1n) is 6.79. The van der Waals surface area contributed by atoms with Crippen LogP contribution in [-0.2, 0) is 5.75 Å². The molecule has 0 aliphatic rings. The Kier molecular flexibility index (Phi) is 5.30. The van der Waals surface area contributed by atoms with Crippen molar-refractivity contribution in [3.63, 3.8) is 0 Å². The maximum atomic E-state index is 12.3. The Balaban J connectivity index is 2.07. The van der Waals surface area contributed by atoms with Crippen molar-refractivity contribution in [1.82, 2.24) is 4.90 Å². The number of furan rings is 1. The third kappa shape index (κ3) is 3.45. The SMILES string of the molecule is CCN(CC)C(=O)c1occc1CSc1ccccc1. The van der Waals surface area contributed by atoms with Gasteiger partial charge in [0.25, 0.3) is 5.91 Å². The monoisotopic (exact) mass is 289 g/mol. The third-order valence-corrected chi connectivity index (χ3v) is 4.19. The summed E-state index contributed by atoms with van der Waals surface area (Å²) in [6.07, 6.45) is 1.59. The van der Waals surface area contributed by atoms with Gasteiger partial charge in [-0.15, -0.1) is 11.8 Å². The zero-order valence-corrected chi connectivity index (χ0v) is 12.7. The summed E-state index contributed by atoms with van der Waals surface area (Å²) in [5.41, 5.74) is 0.954. The van der Waals surface area contributed by atoms with Crippen LogP contribution in [-0.4, -0.2) is 23.9 Å². The second-order valence-corrected chi connectivity index (χ2v) is 5.40. The van der Waals surface area contributed by atoms with E-state index in [9.17, 15) is 4.79 Å². The number of hydrogen-bond acceptors (Lipinski definition) is 3. The molecule has 0 N–H and O–H groups in total. The Morgan fingerprint density at radius 2 is 1.85 bits per heavy atom. The van der Waals surface area contributed by atoms with Crippen LogP contribution in [0.4, 0.5) is 0 Å². The van der Waals surface area contributed by atoms with E-state index in [2.05, 4.69) is 12.1 Å². The number of benzene rings is 1. The summed E-state index contributed by atoms with van der Waals surface area (Å²) in [7, 11) is 0. The van der Waals surface area contributed by atoms with Gasteiger partial charge in [-0.2, -0.15) is 0 Å². The van der Waals surface area contributed by atoms with E-state index in [0.29, 0.717) is 18.8 Å². The summed E-state index contributed by atoms with van der Waals surface area (Å²) < 4.78 is 5.39. The van der Waals surface area contributed by atoms with Crippen molar-refractivity contribution in [3.05, 3.63) is 54.0 Å². The molecule has 0 atom stereocenters. The number of carbonyl (C=O) groups is 1. The van der Waals surface area contributed by atoms with Crippen molar-refractivity contribution in [2.45, 2.75) is 24.5 Å². The molecule has 2 aromatic rings. The van der Waals surface area contributed by atoms with E-state index in [1.54, 1.807) is 22.9 Å². The molecule has 3 nitrogen and oxygen atoms in total. The molecule has 4 heteroatoms. The van der Waals surface area contributed by atoms with E-state index in [1.807, 2.05) is 38.1 Å². The molecule has 1 aromatic carbocycles. The molecule has 0 unspecified atom stereocenters. The van der Waals surface area contributed by atoms with Gasteiger partial charge in [0.05, 0.1) is 6.26 Å². The first-order chi connectivity index (χ1) is 9.76. The van der Waals surface area contributed by atoms with Crippen molar-refractivity contribution >= 4 is 17.7 Å². The van der Waals surface area contributed by atoms with Crippen molar-refractivity contribution < 1.29 is 9.21 Å². The van der Waals surface area contributed by atoms with Crippen LogP contribution in [0.5, 0.6) is 0 Å². The standard InChI is InChI=1S/C16H19NO2S/c1-3-17(4-2)16(18)15-13(10-11-19-15)12-20-14-8-6-5-7-9-14/h5-11H,3-4,12H2,1-2H3. The number of hydrogen-bond donors (Lipinski definition) is 0. The summed E-state index contributed by atoms with van der Waals surface area (Å²) in [6, 6.07) is 12.0. The highest BCUT2D eigenvalue weighted by atomic mass is 32.2. The Morgan fingerprint density at radius 1 is 1.15 bits per heavy atom. The molecule has 0 fully saturated rings. The van der Waals surface area contributed by atoms with E-state index in [-0.39, 0.29) is 5.91 Å². The van der Waals surface area contributed by atoms with Gasteiger partial charge in [0, 0.05) is 29.3 Å². The van der Waals surface area contributed by atoms with Crippen LogP contribution < -0.4 is 0 Å². The fourth-order valence-electron chi connectivity index (χ4n) is 1.97. The first kappa shape index (κ1) is 14.7. The quantitative estimate of drug-likeness (QED) is 0.752. The normalized spacial score (nSPS) is 10.5. The average molecular weight is 289 g/mol. The summed E-state index contributed by atoms with van der Waals surface area (Å²) in [6.45, 7) is 5.34. The molecule has 1 aromatic heterocycles. The minimum absolute atomic E-state index is 0.0244. The molecule has 0 bridgehead atoms. The predicted octanol–water partition coefficient (Wildman–Crippen LogP) is 4.05. The first-order valence-corrected chi connectivity index (χ1v) is 7.78. The Hall–Kier alpha value is -1.68. The minimum Gasteiger partial charge on any atom is -0.459 e. The van der Waals surface area contributed by atoms with Crippen LogP contribution >= 0.6 is 11.8 Å². The van der Waals surface area contributed by atoms with Gasteiger partial charge in [-0.1, -0.05) is 18.2 Å². The van der Waals surface area contributed by atoms with Gasteiger partial charge in [-0.25, -0.2) is 0 Å². The highest BCUT2D eigenvalue weighted by molar-refractivity contribution is 7.98. The number of nitrogens with zero attached hydrogens (tertiary/aromatic N) is 1. The number of rotatable bonds is 6. The fraction of sp³-hybridized carbons (Fsp3) is 0.312. The van der Waals surface area contributed by atoms with Gasteiger partial charge in [0.1, 0.15) is 0 Å². The summed E-state index contributed by atoms with van der Waals surface area (Å²) >= 11 is 1.71. The average Bonchev–Trinajstić information content (AvgIpc) is 2.95. The molecule has 0 saturated carbocycles. The second kappa shape index (κ2) is 7.20. The lowest BCUT2D eigenvalue weighted by molar-refractivity contribution is 0.0740. The predicted molar refractivity (Wildman–Crippen MR) is 82.0 cm³/mol. The molecular formula is C16H19NO2S. The Bertz CT molecular complexity index is 547. The zero-order valence-electron chi connectivity index (χ0n) is 11.8. The maximum Gasteiger partial charge on any atom is 0.289 e. The Labute approximate surface area is 124 Å². The summed E-state index contributed by atoms with van der Waals surface area (Å²) in [5, 5.41) is 0. The van der Waals surface area contributed by atoms with Crippen molar-refractivity contribution in [1.29, 1.82) is 0 Å². The molecule has 0 radical (unpaired) electrons. The van der Waals surface area contributed by atoms with Crippen molar-refractivity contribution in [2.75, 3.05) is 13.1 Å². The van der Waals surface area contributed by atoms with E-state index in [1.165, 1.54) is 4.90 Å². The fourth-order valence-corrected chi connectivity index (χ4v) is 2.87. The van der Waals surface area contributed by atoms with E-state index in [0.717, 1.165) is 11.3 Å². The van der Waals surface area contributed by atoms with Crippen LogP contribution in [0, 0.1) is 0 Å². The molecule has 2 rings (SSSR count). The molecule has 0 saturated heterocycles. The van der Waals surface area contributed by atoms with Crippen LogP contribution in [0.2, 0.25) is 0 Å². The van der Waals surface area contributed by atoms with Crippen molar-refractivity contribution in [3.8, 4) is 0 Å². The maximum absolute atomic E-state index is 12.3. The minimum atomic E-state index is -0.0244. The molecule has 0 spiro atoms. The Morgan fingerprint density at radius 3 is 2.50 bits per heavy atom. The molecule has 106 valence electrons. The summed E-state index contributed by atoms with van der Waals surface area (Å²) in [4.78, 5) is 15.3. The lowest BCUT2D eigenvalue weighted by Crippen LogP contribution is -2.30. The number of thioether (sulfide) groups is 1. The van der Waals surface area contributed by atoms with E-state index in [4.69, 9.17) is 4.42 Å². The molecule has 0 aliphatic carbocycles. The largest absolute Gasteiger partial charge is 0.459 e. The van der Waals surface area contributed by atoms with Crippen LogP contribution in [0.1, 0.15) is 30.0 Å². The van der Waals surface area contributed by atoms with Crippen LogP contribution in [0.25, 0.3) is 0 Å². The smallest absolute Gasteiger partial charge is 0.289 e. The summed E-state index contributed by atoms with van der Waals surface area (Å²) in [5.74, 6) is 1.18. The van der Waals surface area contributed by atoms with E-state index >= 15 is 0 Å². The molecule has 0 aliphatic heterocycles. The lowest BCUT2D eigenvalue weighted by atomic mass is 10.2. The molecule has 1 amide bonds. The van der Waals surface area contributed by atoms with Gasteiger partial charge < -0.3 is 9.32 Å². The molecular weight excluding hydrogens is 270 g/mol.